The van der Waals surface area contributed by atoms with Gasteiger partial charge in [-0.15, -0.1) is 0 Å². The normalized spacial score (nSPS) is 22.6. The van der Waals surface area contributed by atoms with E-state index in [4.69, 9.17) is 28.8 Å². The quantitative estimate of drug-likeness (QED) is 0.498. The van der Waals surface area contributed by atoms with E-state index >= 15 is 0 Å². The van der Waals surface area contributed by atoms with Crippen molar-refractivity contribution in [2.24, 2.45) is 11.8 Å². The van der Waals surface area contributed by atoms with E-state index in [0.717, 1.165) is 49.0 Å². The SMILES string of the molecule is Cc1cc(N2C[C@@H](C)C[C@H](C)C2)nc(NC(=S)NCC2(c3ccc(Cl)cc3)CCCCC2)n1. The first-order chi connectivity index (χ1) is 15.8. The minimum Gasteiger partial charge on any atom is -0.361 e. The van der Waals surface area contributed by atoms with Crippen molar-refractivity contribution in [1.29, 1.82) is 0 Å². The van der Waals surface area contributed by atoms with E-state index in [1.807, 2.05) is 19.1 Å². The molecule has 1 aromatic heterocycles. The van der Waals surface area contributed by atoms with Crippen molar-refractivity contribution in [2.75, 3.05) is 29.9 Å². The summed E-state index contributed by atoms with van der Waals surface area (Å²) in [6, 6.07) is 10.4. The number of hydrogen-bond acceptors (Lipinski definition) is 4. The van der Waals surface area contributed by atoms with Crippen molar-refractivity contribution in [1.82, 2.24) is 15.3 Å². The van der Waals surface area contributed by atoms with Crippen LogP contribution in [0.3, 0.4) is 0 Å². The van der Waals surface area contributed by atoms with Crippen LogP contribution in [0, 0.1) is 18.8 Å². The highest BCUT2D eigenvalue weighted by molar-refractivity contribution is 7.80. The molecule has 2 aliphatic rings. The molecule has 0 spiro atoms. The average molecular weight is 486 g/mol. The molecule has 2 N–H and O–H groups in total. The summed E-state index contributed by atoms with van der Waals surface area (Å²) in [7, 11) is 0. The Kier molecular flexibility index (Phi) is 7.75. The monoisotopic (exact) mass is 485 g/mol. The van der Waals surface area contributed by atoms with Gasteiger partial charge in [-0.1, -0.05) is 56.8 Å². The highest BCUT2D eigenvalue weighted by Gasteiger charge is 2.34. The molecule has 33 heavy (non-hydrogen) atoms. The molecule has 4 rings (SSSR count). The van der Waals surface area contributed by atoms with Crippen LogP contribution < -0.4 is 15.5 Å². The van der Waals surface area contributed by atoms with Crippen molar-refractivity contribution in [3.8, 4) is 0 Å². The Balaban J connectivity index is 1.43. The van der Waals surface area contributed by atoms with E-state index < -0.39 is 0 Å². The fourth-order valence-corrected chi connectivity index (χ4v) is 5.90. The van der Waals surface area contributed by atoms with Gasteiger partial charge in [-0.05, 0) is 67.9 Å². The largest absolute Gasteiger partial charge is 0.361 e. The molecule has 0 bridgehead atoms. The number of aromatic nitrogens is 2. The molecular weight excluding hydrogens is 450 g/mol. The molecule has 1 aromatic carbocycles. The second-order valence-corrected chi connectivity index (χ2v) is 11.0. The number of hydrogen-bond donors (Lipinski definition) is 2. The molecule has 2 fully saturated rings. The van der Waals surface area contributed by atoms with Crippen LogP contribution in [-0.4, -0.2) is 34.7 Å². The van der Waals surface area contributed by atoms with E-state index in [1.54, 1.807) is 0 Å². The zero-order valence-electron chi connectivity index (χ0n) is 20.0. The van der Waals surface area contributed by atoms with Crippen molar-refractivity contribution in [3.63, 3.8) is 0 Å². The second kappa shape index (κ2) is 10.6. The van der Waals surface area contributed by atoms with Gasteiger partial charge in [0.05, 0.1) is 0 Å². The van der Waals surface area contributed by atoms with Gasteiger partial charge in [0, 0.05) is 41.8 Å². The number of rotatable bonds is 5. The Morgan fingerprint density at radius 2 is 1.76 bits per heavy atom. The smallest absolute Gasteiger partial charge is 0.231 e. The fraction of sp³-hybridized carbons (Fsp3) is 0.577. The zero-order chi connectivity index (χ0) is 23.4. The molecule has 1 aliphatic heterocycles. The summed E-state index contributed by atoms with van der Waals surface area (Å²) in [6.07, 6.45) is 7.35. The summed E-state index contributed by atoms with van der Waals surface area (Å²) in [6.45, 7) is 9.51. The topological polar surface area (TPSA) is 53.1 Å². The van der Waals surface area contributed by atoms with E-state index in [1.165, 1.54) is 31.2 Å². The molecule has 2 heterocycles. The Bertz CT molecular complexity index is 948. The lowest BCUT2D eigenvalue weighted by Crippen LogP contribution is -2.43. The molecule has 2 aromatic rings. The van der Waals surface area contributed by atoms with Crippen molar-refractivity contribution in [3.05, 3.63) is 46.6 Å². The van der Waals surface area contributed by atoms with Gasteiger partial charge in [-0.2, -0.15) is 4.98 Å². The first-order valence-electron chi connectivity index (χ1n) is 12.2. The van der Waals surface area contributed by atoms with Crippen LogP contribution >= 0.6 is 23.8 Å². The third kappa shape index (κ3) is 6.15. The summed E-state index contributed by atoms with van der Waals surface area (Å²) in [5.74, 6) is 2.89. The van der Waals surface area contributed by atoms with Gasteiger partial charge in [-0.25, -0.2) is 4.98 Å². The summed E-state index contributed by atoms with van der Waals surface area (Å²) in [5.41, 5.74) is 2.36. The predicted octanol–water partition coefficient (Wildman–Crippen LogP) is 6.11. The third-order valence-corrected chi connectivity index (χ3v) is 7.61. The number of nitrogens with one attached hydrogen (secondary N) is 2. The molecule has 0 radical (unpaired) electrons. The number of anilines is 2. The van der Waals surface area contributed by atoms with Gasteiger partial charge < -0.3 is 15.5 Å². The lowest BCUT2D eigenvalue weighted by molar-refractivity contribution is 0.292. The van der Waals surface area contributed by atoms with Crippen LogP contribution in [0.5, 0.6) is 0 Å². The lowest BCUT2D eigenvalue weighted by Gasteiger charge is -2.38. The first kappa shape index (κ1) is 24.2. The van der Waals surface area contributed by atoms with Crippen LogP contribution in [0.4, 0.5) is 11.8 Å². The van der Waals surface area contributed by atoms with Crippen molar-refractivity contribution < 1.29 is 0 Å². The van der Waals surface area contributed by atoms with Crippen LogP contribution in [0.15, 0.2) is 30.3 Å². The van der Waals surface area contributed by atoms with Gasteiger partial charge in [-0.3, -0.25) is 0 Å². The molecule has 178 valence electrons. The maximum Gasteiger partial charge on any atom is 0.231 e. The van der Waals surface area contributed by atoms with Gasteiger partial charge >= 0.3 is 0 Å². The van der Waals surface area contributed by atoms with Gasteiger partial charge in [0.25, 0.3) is 0 Å². The number of benzene rings is 1. The molecule has 0 amide bonds. The van der Waals surface area contributed by atoms with E-state index in [2.05, 4.69) is 52.6 Å². The Morgan fingerprint density at radius 1 is 1.09 bits per heavy atom. The summed E-state index contributed by atoms with van der Waals surface area (Å²) in [4.78, 5) is 11.8. The molecule has 2 atom stereocenters. The minimum atomic E-state index is 0.0767. The molecule has 1 saturated heterocycles. The first-order valence-corrected chi connectivity index (χ1v) is 13.0. The lowest BCUT2D eigenvalue weighted by atomic mass is 9.69. The molecular formula is C26H36ClN5S. The van der Waals surface area contributed by atoms with E-state index in [9.17, 15) is 0 Å². The minimum absolute atomic E-state index is 0.0767. The standard InChI is InChI=1S/C26H36ClN5S/c1-18-13-19(2)16-32(15-18)23-14-20(3)29-24(30-23)31-25(33)28-17-26(11-5-4-6-12-26)21-7-9-22(27)10-8-21/h7-10,14,18-19H,4-6,11-13,15-17H2,1-3H3,(H2,28,29,30,31,33)/t18-,19-/m0/s1. The Morgan fingerprint density at radius 3 is 2.42 bits per heavy atom. The summed E-state index contributed by atoms with van der Waals surface area (Å²) in [5, 5.41) is 8.09. The molecule has 1 aliphatic carbocycles. The highest BCUT2D eigenvalue weighted by atomic mass is 35.5. The van der Waals surface area contributed by atoms with E-state index in [0.29, 0.717) is 22.9 Å². The zero-order valence-corrected chi connectivity index (χ0v) is 21.6. The molecule has 0 unspecified atom stereocenters. The number of nitrogens with zero attached hydrogens (tertiary/aromatic N) is 3. The third-order valence-electron chi connectivity index (χ3n) is 7.11. The van der Waals surface area contributed by atoms with Crippen LogP contribution in [0.1, 0.15) is 63.6 Å². The van der Waals surface area contributed by atoms with Crippen molar-refractivity contribution in [2.45, 2.75) is 64.7 Å². The fourth-order valence-electron chi connectivity index (χ4n) is 5.61. The highest BCUT2D eigenvalue weighted by Crippen LogP contribution is 2.39. The maximum atomic E-state index is 6.15. The number of halogens is 1. The second-order valence-electron chi connectivity index (χ2n) is 10.2. The van der Waals surface area contributed by atoms with Gasteiger partial charge in [0.15, 0.2) is 5.11 Å². The predicted molar refractivity (Wildman–Crippen MR) is 142 cm³/mol. The van der Waals surface area contributed by atoms with Gasteiger partial charge in [0.1, 0.15) is 5.82 Å². The summed E-state index contributed by atoms with van der Waals surface area (Å²) < 4.78 is 0. The van der Waals surface area contributed by atoms with Crippen molar-refractivity contribution >= 4 is 40.7 Å². The number of aryl methyl sites for hydroxylation is 1. The van der Waals surface area contributed by atoms with Crippen LogP contribution in [0.2, 0.25) is 5.02 Å². The maximum absolute atomic E-state index is 6.15. The number of thiocarbonyl (C=S) groups is 1. The number of piperidine rings is 1. The molecule has 5 nitrogen and oxygen atoms in total. The van der Waals surface area contributed by atoms with E-state index in [-0.39, 0.29) is 5.41 Å². The van der Waals surface area contributed by atoms with Crippen LogP contribution in [0.25, 0.3) is 0 Å². The Labute approximate surface area is 208 Å². The molecule has 7 heteroatoms. The Hall–Kier alpha value is -1.92. The van der Waals surface area contributed by atoms with Crippen LogP contribution in [-0.2, 0) is 5.41 Å². The molecule has 1 saturated carbocycles. The summed E-state index contributed by atoms with van der Waals surface area (Å²) >= 11 is 11.8. The van der Waals surface area contributed by atoms with Gasteiger partial charge in [0.2, 0.25) is 5.95 Å². The average Bonchev–Trinajstić information content (AvgIpc) is 2.78.